The van der Waals surface area contributed by atoms with Crippen LogP contribution in [0.2, 0.25) is 9.49 Å². The van der Waals surface area contributed by atoms with E-state index in [0.717, 1.165) is 16.2 Å². The van der Waals surface area contributed by atoms with Gasteiger partial charge >= 0.3 is 5.97 Å². The van der Waals surface area contributed by atoms with Crippen molar-refractivity contribution in [1.82, 2.24) is 20.4 Å². The minimum atomic E-state index is -1.31. The van der Waals surface area contributed by atoms with Gasteiger partial charge in [0, 0.05) is 11.8 Å². The summed E-state index contributed by atoms with van der Waals surface area (Å²) in [5.41, 5.74) is 5.03. The van der Waals surface area contributed by atoms with Crippen LogP contribution in [0, 0.1) is 0 Å². The minimum absolute atomic E-state index is 0.0321. The van der Waals surface area contributed by atoms with Gasteiger partial charge in [0.15, 0.2) is 21.8 Å². The first-order chi connectivity index (χ1) is 15.7. The van der Waals surface area contributed by atoms with E-state index in [-0.39, 0.29) is 31.8 Å². The zero-order chi connectivity index (χ0) is 23.9. The number of anilines is 1. The molecular formula is C17H12Cl2N6O6S2. The summed E-state index contributed by atoms with van der Waals surface area (Å²) >= 11 is 13.8. The molecule has 2 aromatic rings. The number of carboxylic acids is 1. The van der Waals surface area contributed by atoms with Gasteiger partial charge in [-0.15, -0.1) is 11.8 Å². The summed E-state index contributed by atoms with van der Waals surface area (Å²) in [7, 11) is 0. The second kappa shape index (κ2) is 9.05. The third-order valence-electron chi connectivity index (χ3n) is 4.58. The Bertz CT molecular complexity index is 1250. The van der Waals surface area contributed by atoms with Crippen molar-refractivity contribution in [2.75, 3.05) is 11.5 Å². The number of nitrogens with zero attached hydrogens (tertiary/aromatic N) is 4. The number of hydrogen-bond acceptors (Lipinski definition) is 11. The highest BCUT2D eigenvalue weighted by molar-refractivity contribution is 8.00. The predicted molar refractivity (Wildman–Crippen MR) is 120 cm³/mol. The number of fused-ring (bicyclic) bond motifs is 1. The zero-order valence-electron chi connectivity index (χ0n) is 16.1. The maximum absolute atomic E-state index is 12.8. The van der Waals surface area contributed by atoms with E-state index in [2.05, 4.69) is 20.6 Å². The molecule has 16 heteroatoms. The Morgan fingerprint density at radius 1 is 1.39 bits per heavy atom. The van der Waals surface area contributed by atoms with Crippen LogP contribution in [0.25, 0.3) is 6.08 Å². The van der Waals surface area contributed by atoms with Gasteiger partial charge < -0.3 is 25.9 Å². The Hall–Kier alpha value is -3.07. The molecule has 1 saturated heterocycles. The molecule has 5 N–H and O–H groups in total. The quantitative estimate of drug-likeness (QED) is 0.185. The Balaban J connectivity index is 1.53. The third-order valence-corrected chi connectivity index (χ3v) is 7.14. The van der Waals surface area contributed by atoms with Crippen LogP contribution in [-0.4, -0.2) is 66.0 Å². The zero-order valence-corrected chi connectivity index (χ0v) is 19.2. The number of rotatable bonds is 6. The number of aliphatic carboxylic acids is 1. The third kappa shape index (κ3) is 4.29. The molecule has 2 aliphatic heterocycles. The molecule has 2 aromatic heterocycles. The molecule has 2 atom stereocenters. The molecule has 0 radical (unpaired) electrons. The van der Waals surface area contributed by atoms with Crippen molar-refractivity contribution in [3.05, 3.63) is 44.4 Å². The van der Waals surface area contributed by atoms with Crippen molar-refractivity contribution in [3.8, 4) is 0 Å². The van der Waals surface area contributed by atoms with Crippen molar-refractivity contribution in [2.24, 2.45) is 5.16 Å². The average molecular weight is 531 g/mol. The molecule has 2 amide bonds. The maximum Gasteiger partial charge on any atom is 0.352 e. The first-order valence-corrected chi connectivity index (χ1v) is 11.5. The van der Waals surface area contributed by atoms with Crippen LogP contribution in [0.3, 0.4) is 0 Å². The Kier molecular flexibility index (Phi) is 6.34. The number of aromatic nitrogens is 2. The van der Waals surface area contributed by atoms with Crippen molar-refractivity contribution < 1.29 is 29.2 Å². The fraction of sp³-hybridized carbons (Fsp3) is 0.176. The molecule has 0 unspecified atom stereocenters. The lowest BCUT2D eigenvalue weighted by molar-refractivity contribution is -0.150. The average Bonchev–Trinajstić information content (AvgIpc) is 3.34. The van der Waals surface area contributed by atoms with Crippen LogP contribution >= 0.6 is 46.3 Å². The molecule has 0 bridgehead atoms. The van der Waals surface area contributed by atoms with E-state index in [1.165, 1.54) is 30.0 Å². The number of carboxylic acid groups (broad SMARTS) is 1. The second-order valence-electron chi connectivity index (χ2n) is 6.55. The van der Waals surface area contributed by atoms with Crippen LogP contribution in [-0.2, 0) is 14.4 Å². The van der Waals surface area contributed by atoms with Gasteiger partial charge in [0.1, 0.15) is 27.1 Å². The molecule has 2 aliphatic rings. The molecule has 0 saturated carbocycles. The highest BCUT2D eigenvalue weighted by Crippen LogP contribution is 2.41. The van der Waals surface area contributed by atoms with Crippen molar-refractivity contribution >= 4 is 81.0 Å². The number of nitrogens with one attached hydrogen (secondary N) is 1. The van der Waals surface area contributed by atoms with E-state index in [0.29, 0.717) is 11.3 Å². The monoisotopic (exact) mass is 530 g/mol. The van der Waals surface area contributed by atoms with E-state index in [1.54, 1.807) is 0 Å². The summed E-state index contributed by atoms with van der Waals surface area (Å²) in [6, 6.07) is 0.391. The van der Waals surface area contributed by atoms with E-state index < -0.39 is 34.9 Å². The number of β-lactam (4-membered cyclic amide) rings is 1. The number of hydrogen-bond donors (Lipinski definition) is 4. The van der Waals surface area contributed by atoms with Crippen molar-refractivity contribution in [2.45, 2.75) is 11.4 Å². The molecule has 12 nitrogen and oxygen atoms in total. The number of carbonyl (C=O) groups excluding carboxylic acids is 2. The van der Waals surface area contributed by atoms with Crippen LogP contribution in [0.15, 0.2) is 33.1 Å². The minimum Gasteiger partial charge on any atom is -0.477 e. The molecule has 4 rings (SSSR count). The maximum atomic E-state index is 12.8. The number of allylic oxidation sites excluding steroid dienone is 1. The first kappa shape index (κ1) is 23.1. The van der Waals surface area contributed by atoms with E-state index >= 15 is 0 Å². The number of carbonyl (C=O) groups is 3. The lowest BCUT2D eigenvalue weighted by atomic mass is 10.0. The Morgan fingerprint density at radius 2 is 2.15 bits per heavy atom. The van der Waals surface area contributed by atoms with Crippen LogP contribution < -0.4 is 11.1 Å². The summed E-state index contributed by atoms with van der Waals surface area (Å²) < 4.78 is 4.98. The molecule has 0 spiro atoms. The molecule has 33 heavy (non-hydrogen) atoms. The first-order valence-electron chi connectivity index (χ1n) is 8.87. The van der Waals surface area contributed by atoms with E-state index in [1.807, 2.05) is 0 Å². The fourth-order valence-corrected chi connectivity index (χ4v) is 5.56. The summed E-state index contributed by atoms with van der Waals surface area (Å²) in [6.07, 6.45) is 2.97. The molecule has 0 aliphatic carbocycles. The van der Waals surface area contributed by atoms with Gasteiger partial charge in [0.25, 0.3) is 11.8 Å². The number of thiazole rings is 1. The van der Waals surface area contributed by atoms with Gasteiger partial charge in [0.05, 0.1) is 0 Å². The molecule has 4 heterocycles. The van der Waals surface area contributed by atoms with Crippen molar-refractivity contribution in [3.63, 3.8) is 0 Å². The largest absolute Gasteiger partial charge is 0.477 e. The molecular weight excluding hydrogens is 519 g/mol. The number of amides is 2. The number of oxime groups is 1. The summed E-state index contributed by atoms with van der Waals surface area (Å²) in [5, 5.41) is 27.4. The standard InChI is InChI=1S/C17H12Cl2N6O6S2/c18-7-3-6(31-24-7)2-1-5-4-32-15-10(14(27)25(15)11(5)16(28)29)21-13(26)9(23-30)8-12(19)33-17(20)22-8/h1-3,10,15,30H,4H2,(H2,20,22)(H,21,26)(H,28,29)/b2-1+,23-9-/t10-,15-/m1/s1. The highest BCUT2D eigenvalue weighted by Gasteiger charge is 2.54. The number of thioether (sulfide) groups is 1. The Labute approximate surface area is 202 Å². The van der Waals surface area contributed by atoms with Gasteiger partial charge in [-0.1, -0.05) is 50.9 Å². The summed E-state index contributed by atoms with van der Waals surface area (Å²) in [6.45, 7) is 0. The van der Waals surface area contributed by atoms with Gasteiger partial charge in [-0.25, -0.2) is 9.78 Å². The molecule has 172 valence electrons. The number of nitrogens with two attached hydrogens (primary N) is 1. The SMILES string of the molecule is Nc1nc(/C(=N/O)C(=O)N[C@@H]2C(=O)N3C(C(=O)O)=C(/C=C/c4cc(Cl)no4)CS[C@H]23)c(Cl)s1. The summed E-state index contributed by atoms with van der Waals surface area (Å²) in [4.78, 5) is 42.2. The van der Waals surface area contributed by atoms with Gasteiger partial charge in [-0.3, -0.25) is 14.5 Å². The van der Waals surface area contributed by atoms with Gasteiger partial charge in [-0.05, 0) is 11.6 Å². The normalized spacial score (nSPS) is 20.7. The smallest absolute Gasteiger partial charge is 0.352 e. The Morgan fingerprint density at radius 3 is 2.73 bits per heavy atom. The summed E-state index contributed by atoms with van der Waals surface area (Å²) in [5.74, 6) is -2.33. The van der Waals surface area contributed by atoms with E-state index in [4.69, 9.17) is 33.5 Å². The van der Waals surface area contributed by atoms with Gasteiger partial charge in [-0.2, -0.15) is 0 Å². The van der Waals surface area contributed by atoms with E-state index in [9.17, 15) is 24.7 Å². The number of halogens is 2. The van der Waals surface area contributed by atoms with Crippen LogP contribution in [0.5, 0.6) is 0 Å². The fourth-order valence-electron chi connectivity index (χ4n) is 3.17. The lowest BCUT2D eigenvalue weighted by Gasteiger charge is -2.49. The van der Waals surface area contributed by atoms with Crippen LogP contribution in [0.4, 0.5) is 5.13 Å². The topological polar surface area (TPSA) is 184 Å². The predicted octanol–water partition coefficient (Wildman–Crippen LogP) is 1.65. The lowest BCUT2D eigenvalue weighted by Crippen LogP contribution is -2.71. The van der Waals surface area contributed by atoms with Gasteiger partial charge in [0.2, 0.25) is 0 Å². The second-order valence-corrected chi connectivity index (χ2v) is 9.67. The van der Waals surface area contributed by atoms with Crippen LogP contribution in [0.1, 0.15) is 11.5 Å². The molecule has 0 aromatic carbocycles. The highest BCUT2D eigenvalue weighted by atomic mass is 35.5. The van der Waals surface area contributed by atoms with Crippen molar-refractivity contribution in [1.29, 1.82) is 0 Å². The number of nitrogen functional groups attached to an aromatic ring is 1. The molecule has 1 fully saturated rings.